The summed E-state index contributed by atoms with van der Waals surface area (Å²) in [5.74, 6) is 2.08. The standard InChI is InChI=1S/C22H30O3S/c1-20-7-3-14(23)11-13(20)12-17(26)19-15(20)4-8-21(2)16(19)5-9-22(21)10-6-18(24)25-22/h11,15-17,19,26H,3-10,12H2,1-2H3/t15-,16-,17+,19+,20-,21-,22+/m1/s1. The summed E-state index contributed by atoms with van der Waals surface area (Å²) in [6, 6.07) is 0. The minimum Gasteiger partial charge on any atom is -0.458 e. The SMILES string of the molecule is C[C@@]12CCC(=O)C=C1C[C@H](S)[C@H]1[C@H]2CC[C@]2(C)[C@@H]1CC[C@]21CCC(=O)O1. The number of allylic oxidation sites excluding steroid dienone is 1. The fourth-order valence-electron chi connectivity index (χ4n) is 7.82. The second-order valence-corrected chi connectivity index (χ2v) is 10.7. The van der Waals surface area contributed by atoms with E-state index < -0.39 is 0 Å². The van der Waals surface area contributed by atoms with Gasteiger partial charge in [0.1, 0.15) is 5.60 Å². The van der Waals surface area contributed by atoms with Crippen LogP contribution in [0.2, 0.25) is 0 Å². The topological polar surface area (TPSA) is 43.4 Å². The van der Waals surface area contributed by atoms with Gasteiger partial charge in [0.05, 0.1) is 0 Å². The van der Waals surface area contributed by atoms with Gasteiger partial charge in [-0.25, -0.2) is 0 Å². The van der Waals surface area contributed by atoms with E-state index in [1.54, 1.807) is 0 Å². The van der Waals surface area contributed by atoms with Gasteiger partial charge in [0.15, 0.2) is 5.78 Å². The molecule has 0 N–H and O–H groups in total. The summed E-state index contributed by atoms with van der Waals surface area (Å²) < 4.78 is 6.02. The number of ketones is 1. The van der Waals surface area contributed by atoms with Crippen LogP contribution in [0.1, 0.15) is 71.6 Å². The molecular formula is C22H30O3S. The summed E-state index contributed by atoms with van der Waals surface area (Å²) in [5, 5.41) is 0.321. The van der Waals surface area contributed by atoms with Gasteiger partial charge >= 0.3 is 5.97 Å². The van der Waals surface area contributed by atoms with E-state index in [0.717, 1.165) is 38.5 Å². The number of rotatable bonds is 0. The monoisotopic (exact) mass is 374 g/mol. The minimum atomic E-state index is -0.216. The molecule has 0 aromatic rings. The summed E-state index contributed by atoms with van der Waals surface area (Å²) in [6.07, 6.45) is 10.6. The van der Waals surface area contributed by atoms with Crippen LogP contribution in [0.25, 0.3) is 0 Å². The Bertz CT molecular complexity index is 714. The van der Waals surface area contributed by atoms with Crippen LogP contribution >= 0.6 is 12.6 Å². The molecule has 0 aromatic heterocycles. The third kappa shape index (κ3) is 2.03. The summed E-state index contributed by atoms with van der Waals surface area (Å²) in [4.78, 5) is 24.0. The molecule has 1 aliphatic heterocycles. The zero-order valence-electron chi connectivity index (χ0n) is 15.9. The second-order valence-electron chi connectivity index (χ2n) is 10.1. The fraction of sp³-hybridized carbons (Fsp3) is 0.818. The molecule has 1 spiro atoms. The number of hydrogen-bond acceptors (Lipinski definition) is 4. The van der Waals surface area contributed by atoms with Crippen LogP contribution in [0.3, 0.4) is 0 Å². The Balaban J connectivity index is 1.53. The Morgan fingerprint density at radius 2 is 1.81 bits per heavy atom. The van der Waals surface area contributed by atoms with E-state index in [9.17, 15) is 9.59 Å². The van der Waals surface area contributed by atoms with Crippen LogP contribution in [-0.2, 0) is 14.3 Å². The highest BCUT2D eigenvalue weighted by Gasteiger charge is 2.68. The molecule has 0 aromatic carbocycles. The highest BCUT2D eigenvalue weighted by atomic mass is 32.1. The highest BCUT2D eigenvalue weighted by Crippen LogP contribution is 2.70. The van der Waals surface area contributed by atoms with Gasteiger partial charge in [-0.1, -0.05) is 19.4 Å². The normalized spacial score (nSPS) is 53.0. The molecule has 0 bridgehead atoms. The van der Waals surface area contributed by atoms with Crippen molar-refractivity contribution in [2.75, 3.05) is 0 Å². The summed E-state index contributed by atoms with van der Waals surface area (Å²) in [7, 11) is 0. The molecule has 5 aliphatic rings. The maximum absolute atomic E-state index is 12.0. The van der Waals surface area contributed by atoms with Crippen LogP contribution in [0.15, 0.2) is 11.6 Å². The van der Waals surface area contributed by atoms with Gasteiger partial charge in [0.25, 0.3) is 0 Å². The maximum atomic E-state index is 12.0. The Labute approximate surface area is 161 Å². The van der Waals surface area contributed by atoms with Gasteiger partial charge < -0.3 is 4.74 Å². The largest absolute Gasteiger partial charge is 0.458 e. The molecule has 0 unspecified atom stereocenters. The van der Waals surface area contributed by atoms with Crippen LogP contribution in [0, 0.1) is 28.6 Å². The molecule has 26 heavy (non-hydrogen) atoms. The number of thiol groups is 1. The van der Waals surface area contributed by atoms with Gasteiger partial charge in [-0.15, -0.1) is 0 Å². The number of carbonyl (C=O) groups excluding carboxylic acids is 2. The first-order valence-corrected chi connectivity index (χ1v) is 10.9. The lowest BCUT2D eigenvalue weighted by Gasteiger charge is -2.60. The summed E-state index contributed by atoms with van der Waals surface area (Å²) in [5.41, 5.74) is 1.41. The molecule has 1 saturated heterocycles. The molecule has 4 heteroatoms. The molecule has 4 aliphatic carbocycles. The second kappa shape index (κ2) is 5.40. The Kier molecular flexibility index (Phi) is 3.60. The average molecular weight is 375 g/mol. The van der Waals surface area contributed by atoms with Gasteiger partial charge in [-0.05, 0) is 74.2 Å². The van der Waals surface area contributed by atoms with E-state index in [2.05, 4.69) is 13.8 Å². The lowest BCUT2D eigenvalue weighted by atomic mass is 9.46. The third-order valence-corrected chi connectivity index (χ3v) is 9.84. The summed E-state index contributed by atoms with van der Waals surface area (Å²) >= 11 is 5.07. The van der Waals surface area contributed by atoms with Gasteiger partial charge in [-0.2, -0.15) is 12.6 Å². The molecule has 1 heterocycles. The minimum absolute atomic E-state index is 0.00282. The van der Waals surface area contributed by atoms with Gasteiger partial charge in [-0.3, -0.25) is 9.59 Å². The zero-order chi connectivity index (χ0) is 18.3. The molecule has 7 atom stereocenters. The first kappa shape index (κ1) is 17.3. The van der Waals surface area contributed by atoms with E-state index in [-0.39, 0.29) is 22.4 Å². The quantitative estimate of drug-likeness (QED) is 0.501. The van der Waals surface area contributed by atoms with Crippen molar-refractivity contribution in [3.63, 3.8) is 0 Å². The number of esters is 1. The van der Waals surface area contributed by atoms with Crippen molar-refractivity contribution in [1.82, 2.24) is 0 Å². The van der Waals surface area contributed by atoms with Crippen molar-refractivity contribution in [3.8, 4) is 0 Å². The van der Waals surface area contributed by atoms with Crippen LogP contribution in [-0.4, -0.2) is 22.6 Å². The van der Waals surface area contributed by atoms with Crippen LogP contribution in [0.4, 0.5) is 0 Å². The predicted molar refractivity (Wildman–Crippen MR) is 103 cm³/mol. The lowest BCUT2D eigenvalue weighted by molar-refractivity contribution is -0.167. The third-order valence-electron chi connectivity index (χ3n) is 9.32. The molecule has 5 rings (SSSR count). The summed E-state index contributed by atoms with van der Waals surface area (Å²) in [6.45, 7) is 4.81. The van der Waals surface area contributed by atoms with Gasteiger partial charge in [0.2, 0.25) is 0 Å². The van der Waals surface area contributed by atoms with Crippen molar-refractivity contribution < 1.29 is 14.3 Å². The zero-order valence-corrected chi connectivity index (χ0v) is 16.8. The van der Waals surface area contributed by atoms with E-state index in [0.29, 0.717) is 41.6 Å². The fourth-order valence-corrected chi connectivity index (χ4v) is 8.44. The Morgan fingerprint density at radius 1 is 1.04 bits per heavy atom. The van der Waals surface area contributed by atoms with Crippen molar-refractivity contribution in [3.05, 3.63) is 11.6 Å². The van der Waals surface area contributed by atoms with E-state index in [1.165, 1.54) is 12.0 Å². The van der Waals surface area contributed by atoms with Crippen molar-refractivity contribution >= 4 is 24.4 Å². The van der Waals surface area contributed by atoms with Crippen LogP contribution in [0.5, 0.6) is 0 Å². The average Bonchev–Trinajstić information content (AvgIpc) is 3.11. The molecule has 0 radical (unpaired) electrons. The first-order valence-electron chi connectivity index (χ1n) is 10.4. The maximum Gasteiger partial charge on any atom is 0.306 e. The van der Waals surface area contributed by atoms with E-state index in [4.69, 9.17) is 17.4 Å². The number of carbonyl (C=O) groups is 2. The predicted octanol–water partition coefficient (Wildman–Crippen LogP) is 4.50. The Hall–Kier alpha value is -0.770. The number of ether oxygens (including phenoxy) is 1. The highest BCUT2D eigenvalue weighted by molar-refractivity contribution is 7.81. The molecule has 0 amide bonds. The number of fused-ring (bicyclic) bond motifs is 6. The smallest absolute Gasteiger partial charge is 0.306 e. The molecular weight excluding hydrogens is 344 g/mol. The molecule has 3 nitrogen and oxygen atoms in total. The van der Waals surface area contributed by atoms with Crippen molar-refractivity contribution in [1.29, 1.82) is 0 Å². The Morgan fingerprint density at radius 3 is 2.54 bits per heavy atom. The molecule has 4 fully saturated rings. The molecule has 3 saturated carbocycles. The van der Waals surface area contributed by atoms with E-state index >= 15 is 0 Å². The van der Waals surface area contributed by atoms with E-state index in [1.807, 2.05) is 6.08 Å². The molecule has 142 valence electrons. The first-order chi connectivity index (χ1) is 12.3. The number of hydrogen-bond donors (Lipinski definition) is 1. The van der Waals surface area contributed by atoms with Crippen molar-refractivity contribution in [2.45, 2.75) is 82.5 Å². The van der Waals surface area contributed by atoms with Crippen LogP contribution < -0.4 is 0 Å². The lowest BCUT2D eigenvalue weighted by Crippen LogP contribution is -2.57. The van der Waals surface area contributed by atoms with Crippen molar-refractivity contribution in [2.24, 2.45) is 28.6 Å². The van der Waals surface area contributed by atoms with Gasteiger partial charge in [0, 0.05) is 23.5 Å².